The number of hydrogen-bond acceptors (Lipinski definition) is 5. The standard InChI is InChI=1S/C35H38BrIN5O2/c1-2-44-35(40)32(37)22-41-34(39)29-11-8-24(9-12-29)23-42(31-15-13-28(14-16-31)27-6-4-3-5-7-27)33(43)17-10-25-18-26(21-38)20-30(36)19-25/h8-9,11-16,18-20,27,32,40H,2-7,10,17,22-23H2,1H3,(H-,39,41)/q-1. The number of benzene rings is 3. The van der Waals surface area contributed by atoms with Gasteiger partial charge in [-0.2, -0.15) is 5.26 Å². The maximum Gasteiger partial charge on any atom is 0.227 e. The number of carbonyl (C=O) groups is 1. The molecule has 44 heavy (non-hydrogen) atoms. The van der Waals surface area contributed by atoms with Crippen molar-refractivity contribution in [2.24, 2.45) is 0 Å². The third-order valence-corrected chi connectivity index (χ3v) is 9.28. The molecule has 7 nitrogen and oxygen atoms in total. The predicted octanol–water partition coefficient (Wildman–Crippen LogP) is 9.05. The summed E-state index contributed by atoms with van der Waals surface area (Å²) in [6.07, 6.45) is 7.14. The molecule has 230 valence electrons. The van der Waals surface area contributed by atoms with Crippen LogP contribution in [0.5, 0.6) is 0 Å². The number of rotatable bonds is 12. The van der Waals surface area contributed by atoms with Gasteiger partial charge in [0.2, 0.25) is 5.91 Å². The van der Waals surface area contributed by atoms with Gasteiger partial charge in [0.1, 0.15) is 0 Å². The van der Waals surface area contributed by atoms with Crippen molar-refractivity contribution in [3.63, 3.8) is 0 Å². The second kappa shape index (κ2) is 16.7. The van der Waals surface area contributed by atoms with Gasteiger partial charge < -0.3 is 20.4 Å². The van der Waals surface area contributed by atoms with Gasteiger partial charge in [-0.3, -0.25) is 10.2 Å². The van der Waals surface area contributed by atoms with Gasteiger partial charge in [-0.05, 0) is 91.2 Å². The van der Waals surface area contributed by atoms with E-state index in [1.54, 1.807) is 6.07 Å². The van der Waals surface area contributed by atoms with Crippen molar-refractivity contribution < 1.29 is 9.53 Å². The molecule has 0 aromatic heterocycles. The molecule has 0 radical (unpaired) electrons. The number of ether oxygens (including phenoxy) is 1. The Hall–Kier alpha value is -3.23. The molecule has 1 aliphatic carbocycles. The highest BCUT2D eigenvalue weighted by Gasteiger charge is 2.19. The summed E-state index contributed by atoms with van der Waals surface area (Å²) in [5.41, 5.74) is 5.34. The first-order valence-electron chi connectivity index (χ1n) is 15.1. The SMILES string of the molecule is CCOC(=N)C(I)C[N-]C(=N)c1ccc(CN(C(=O)CCc2cc(Br)cc(C#N)c2)c2ccc(C3CCCCC3)cc2)cc1. The van der Waals surface area contributed by atoms with Crippen LogP contribution in [-0.4, -0.2) is 34.7 Å². The zero-order valence-electron chi connectivity index (χ0n) is 25.0. The molecule has 9 heteroatoms. The highest BCUT2D eigenvalue weighted by Crippen LogP contribution is 2.34. The van der Waals surface area contributed by atoms with Crippen molar-refractivity contribution in [1.29, 1.82) is 16.1 Å². The van der Waals surface area contributed by atoms with Crippen LogP contribution in [0.2, 0.25) is 0 Å². The Balaban J connectivity index is 1.48. The number of amides is 1. The Bertz CT molecular complexity index is 1480. The lowest BCUT2D eigenvalue weighted by molar-refractivity contribution is -0.118. The third-order valence-electron chi connectivity index (χ3n) is 7.86. The minimum absolute atomic E-state index is 0.00514. The lowest BCUT2D eigenvalue weighted by Crippen LogP contribution is -2.30. The van der Waals surface area contributed by atoms with Crippen molar-refractivity contribution in [2.45, 2.75) is 68.3 Å². The van der Waals surface area contributed by atoms with E-state index in [2.05, 4.69) is 74.2 Å². The lowest BCUT2D eigenvalue weighted by atomic mass is 9.84. The Labute approximate surface area is 282 Å². The maximum atomic E-state index is 13.7. The molecular weight excluding hydrogens is 729 g/mol. The van der Waals surface area contributed by atoms with E-state index < -0.39 is 0 Å². The smallest absolute Gasteiger partial charge is 0.227 e. The number of alkyl halides is 1. The molecule has 0 heterocycles. The van der Waals surface area contributed by atoms with Crippen LogP contribution < -0.4 is 4.90 Å². The largest absolute Gasteiger partial charge is 0.482 e. The number of nitriles is 1. The summed E-state index contributed by atoms with van der Waals surface area (Å²) in [5, 5.41) is 30.0. The molecule has 2 N–H and O–H groups in total. The van der Waals surface area contributed by atoms with Gasteiger partial charge in [0, 0.05) is 16.6 Å². The molecule has 3 aromatic rings. The molecule has 1 fully saturated rings. The fourth-order valence-electron chi connectivity index (χ4n) is 5.47. The summed E-state index contributed by atoms with van der Waals surface area (Å²) in [5.74, 6) is 0.917. The molecule has 4 rings (SSSR count). The molecule has 1 unspecified atom stereocenters. The van der Waals surface area contributed by atoms with Crippen LogP contribution in [-0.2, 0) is 22.5 Å². The fourth-order valence-corrected chi connectivity index (χ4v) is 6.39. The number of aryl methyl sites for hydroxylation is 1. The number of nitrogens with one attached hydrogen (secondary N) is 2. The van der Waals surface area contributed by atoms with E-state index >= 15 is 0 Å². The highest BCUT2D eigenvalue weighted by atomic mass is 127. The minimum Gasteiger partial charge on any atom is -0.482 e. The van der Waals surface area contributed by atoms with E-state index in [1.165, 1.54) is 37.7 Å². The summed E-state index contributed by atoms with van der Waals surface area (Å²) in [6, 6.07) is 23.8. The summed E-state index contributed by atoms with van der Waals surface area (Å²) in [4.78, 5) is 15.6. The molecule has 1 aliphatic rings. The second-order valence-corrected chi connectivity index (χ2v) is 13.4. The van der Waals surface area contributed by atoms with Gasteiger partial charge in [-0.1, -0.05) is 100 Å². The second-order valence-electron chi connectivity index (χ2n) is 11.0. The van der Waals surface area contributed by atoms with Gasteiger partial charge in [0.25, 0.3) is 0 Å². The first-order chi connectivity index (χ1) is 21.3. The first kappa shape index (κ1) is 33.7. The lowest BCUT2D eigenvalue weighted by Gasteiger charge is -2.26. The van der Waals surface area contributed by atoms with Gasteiger partial charge in [-0.15, -0.1) is 0 Å². The predicted molar refractivity (Wildman–Crippen MR) is 189 cm³/mol. The van der Waals surface area contributed by atoms with Crippen LogP contribution in [0.15, 0.2) is 71.2 Å². The molecule has 1 saturated carbocycles. The molecule has 0 aliphatic heterocycles. The molecule has 1 atom stereocenters. The summed E-state index contributed by atoms with van der Waals surface area (Å²) in [6.45, 7) is 2.98. The Morgan fingerprint density at radius 2 is 1.77 bits per heavy atom. The topological polar surface area (TPSA) is 115 Å². The quantitative estimate of drug-likeness (QED) is 0.0830. The van der Waals surface area contributed by atoms with Crippen LogP contribution in [0, 0.1) is 22.1 Å². The molecule has 3 aromatic carbocycles. The molecular formula is C35H38BrIN5O2-. The Kier molecular flexibility index (Phi) is 12.8. The maximum absolute atomic E-state index is 13.7. The Morgan fingerprint density at radius 3 is 2.43 bits per heavy atom. The third kappa shape index (κ3) is 9.63. The van der Waals surface area contributed by atoms with E-state index in [4.69, 9.17) is 15.6 Å². The number of anilines is 1. The summed E-state index contributed by atoms with van der Waals surface area (Å²) < 4.78 is 5.85. The number of carbonyl (C=O) groups excluding carboxylic acids is 1. The van der Waals surface area contributed by atoms with Crippen LogP contribution in [0.25, 0.3) is 5.32 Å². The zero-order valence-corrected chi connectivity index (χ0v) is 28.7. The van der Waals surface area contributed by atoms with Crippen molar-refractivity contribution in [1.82, 2.24) is 0 Å². The monoisotopic (exact) mass is 766 g/mol. The average Bonchev–Trinajstić information content (AvgIpc) is 3.05. The Morgan fingerprint density at radius 1 is 1.07 bits per heavy atom. The fraction of sp³-hybridized carbons (Fsp3) is 0.371. The molecule has 0 bridgehead atoms. The van der Waals surface area contributed by atoms with Crippen LogP contribution in [0.4, 0.5) is 5.69 Å². The van der Waals surface area contributed by atoms with E-state index in [0.29, 0.717) is 49.6 Å². The van der Waals surface area contributed by atoms with Crippen LogP contribution in [0.1, 0.15) is 79.2 Å². The van der Waals surface area contributed by atoms with Crippen molar-refractivity contribution in [3.8, 4) is 6.07 Å². The van der Waals surface area contributed by atoms with Crippen LogP contribution in [0.3, 0.4) is 0 Å². The molecule has 1 amide bonds. The van der Waals surface area contributed by atoms with Crippen LogP contribution >= 0.6 is 38.5 Å². The van der Waals surface area contributed by atoms with Gasteiger partial charge in [0.05, 0.1) is 28.7 Å². The molecule has 0 spiro atoms. The number of hydrogen-bond donors (Lipinski definition) is 2. The van der Waals surface area contributed by atoms with E-state index in [1.807, 2.05) is 48.2 Å². The summed E-state index contributed by atoms with van der Waals surface area (Å²) in [7, 11) is 0. The summed E-state index contributed by atoms with van der Waals surface area (Å²) >= 11 is 5.58. The van der Waals surface area contributed by atoms with E-state index in [0.717, 1.165) is 21.3 Å². The highest BCUT2D eigenvalue weighted by molar-refractivity contribution is 14.1. The van der Waals surface area contributed by atoms with Crippen molar-refractivity contribution >= 4 is 61.8 Å². The number of nitrogens with zero attached hydrogens (tertiary/aromatic N) is 3. The van der Waals surface area contributed by atoms with Gasteiger partial charge >= 0.3 is 0 Å². The average molecular weight is 768 g/mol. The van der Waals surface area contributed by atoms with E-state index in [-0.39, 0.29) is 21.6 Å². The number of halogens is 2. The van der Waals surface area contributed by atoms with Crippen molar-refractivity contribution in [2.75, 3.05) is 18.1 Å². The van der Waals surface area contributed by atoms with Gasteiger partial charge in [-0.25, -0.2) is 0 Å². The number of amidine groups is 1. The van der Waals surface area contributed by atoms with E-state index in [9.17, 15) is 10.1 Å². The minimum atomic E-state index is -0.222. The molecule has 0 saturated heterocycles. The zero-order chi connectivity index (χ0) is 31.5. The van der Waals surface area contributed by atoms with Gasteiger partial charge in [0.15, 0.2) is 5.90 Å². The first-order valence-corrected chi connectivity index (χ1v) is 17.1. The normalized spacial score (nSPS) is 13.9. The van der Waals surface area contributed by atoms with Crippen molar-refractivity contribution in [3.05, 3.63) is 104 Å².